The summed E-state index contributed by atoms with van der Waals surface area (Å²) >= 11 is 0. The van der Waals surface area contributed by atoms with Crippen LogP contribution in [0.4, 0.5) is 0 Å². The molecule has 1 N–H and O–H groups in total. The first-order chi connectivity index (χ1) is 4.33. The molecule has 0 aliphatic rings. The zero-order valence-electron chi connectivity index (χ0n) is 4.70. The summed E-state index contributed by atoms with van der Waals surface area (Å²) in [6.45, 7) is 0. The Morgan fingerprint density at radius 3 is 2.50 bits per heavy atom. The van der Waals surface area contributed by atoms with Gasteiger partial charge >= 0.3 is 29.6 Å². The van der Waals surface area contributed by atoms with Gasteiger partial charge in [0.2, 0.25) is 0 Å². The topological polar surface area (TPSA) is 44.0 Å². The van der Waals surface area contributed by atoms with Crippen LogP contribution in [0.15, 0.2) is 24.3 Å². The van der Waals surface area contributed by atoms with Gasteiger partial charge in [0.25, 0.3) is 0 Å². The van der Waals surface area contributed by atoms with Gasteiger partial charge in [0.05, 0.1) is 11.6 Å². The summed E-state index contributed by atoms with van der Waals surface area (Å²) in [4.78, 5) is 0. The maximum absolute atomic E-state index is 8.79. The quantitative estimate of drug-likeness (QED) is 0.541. The Morgan fingerprint density at radius 2 is 2.10 bits per heavy atom. The molecule has 3 heteroatoms. The van der Waals surface area contributed by atoms with E-state index in [1.165, 1.54) is 12.1 Å². The van der Waals surface area contributed by atoms with Gasteiger partial charge < -0.3 is 5.11 Å². The summed E-state index contributed by atoms with van der Waals surface area (Å²) in [6, 6.07) is 8.12. The predicted molar refractivity (Wildman–Crippen MR) is 40.0 cm³/mol. The first-order valence-electron chi connectivity index (χ1n) is 2.52. The number of aromatic hydroxyl groups is 1. The fraction of sp³-hybridized carbons (Fsp3) is 0. The van der Waals surface area contributed by atoms with E-state index in [4.69, 9.17) is 10.4 Å². The third-order valence-electron chi connectivity index (χ3n) is 0.975. The molecule has 1 aromatic carbocycles. The summed E-state index contributed by atoms with van der Waals surface area (Å²) in [7, 11) is 0. The summed E-state index contributed by atoms with van der Waals surface area (Å²) in [5, 5.41) is 17.1. The molecule has 1 rings (SSSR count). The molecule has 2 nitrogen and oxygen atoms in total. The van der Waals surface area contributed by atoms with E-state index in [-0.39, 0.29) is 35.3 Å². The van der Waals surface area contributed by atoms with Gasteiger partial charge in [-0.05, 0) is 18.2 Å². The van der Waals surface area contributed by atoms with Crippen LogP contribution in [0.25, 0.3) is 0 Å². The molecule has 0 aliphatic heterocycles. The Kier molecular flexibility index (Phi) is 4.13. The molecule has 0 aliphatic carbocycles. The number of hydrogen-bond acceptors (Lipinski definition) is 2. The Labute approximate surface area is 81.4 Å². The van der Waals surface area contributed by atoms with Crippen molar-refractivity contribution in [1.82, 2.24) is 0 Å². The molecule has 0 saturated carbocycles. The summed E-state index contributed by atoms with van der Waals surface area (Å²) in [5.74, 6) is 0.133. The third kappa shape index (κ3) is 2.40. The van der Waals surface area contributed by atoms with E-state index in [2.05, 4.69) is 0 Å². The second kappa shape index (κ2) is 4.35. The Balaban J connectivity index is 0.000000810. The van der Waals surface area contributed by atoms with Crippen molar-refractivity contribution in [2.75, 3.05) is 0 Å². The van der Waals surface area contributed by atoms with Gasteiger partial charge in [0, 0.05) is 0 Å². The van der Waals surface area contributed by atoms with Crippen LogP contribution in [0.3, 0.4) is 0 Å². The Bertz CT molecular complexity index is 254. The minimum absolute atomic E-state index is 0. The zero-order valence-corrected chi connectivity index (χ0v) is 4.70. The molecule has 0 saturated heterocycles. The van der Waals surface area contributed by atoms with E-state index in [1.54, 1.807) is 12.1 Å². The standard InChI is InChI=1S/C7H5NO.Na.H/c8-5-6-2-1-3-7(9)4-6;;/h1-4,9H;;. The summed E-state index contributed by atoms with van der Waals surface area (Å²) < 4.78 is 0. The van der Waals surface area contributed by atoms with Gasteiger partial charge in [-0.25, -0.2) is 0 Å². The van der Waals surface area contributed by atoms with Crippen molar-refractivity contribution in [3.05, 3.63) is 29.8 Å². The van der Waals surface area contributed by atoms with Crippen LogP contribution in [0.1, 0.15) is 5.56 Å². The van der Waals surface area contributed by atoms with Crippen LogP contribution in [0.5, 0.6) is 5.75 Å². The van der Waals surface area contributed by atoms with Crippen LogP contribution in [0.2, 0.25) is 0 Å². The van der Waals surface area contributed by atoms with Crippen molar-refractivity contribution < 1.29 is 5.11 Å². The number of benzene rings is 1. The number of phenols is 1. The van der Waals surface area contributed by atoms with E-state index in [0.717, 1.165) is 0 Å². The van der Waals surface area contributed by atoms with E-state index in [9.17, 15) is 0 Å². The molecule has 0 fully saturated rings. The van der Waals surface area contributed by atoms with Crippen molar-refractivity contribution in [1.29, 1.82) is 5.26 Å². The third-order valence-corrected chi connectivity index (χ3v) is 0.975. The van der Waals surface area contributed by atoms with Gasteiger partial charge in [0.1, 0.15) is 5.75 Å². The van der Waals surface area contributed by atoms with E-state index >= 15 is 0 Å². The summed E-state index contributed by atoms with van der Waals surface area (Å²) in [6.07, 6.45) is 0. The minimum atomic E-state index is 0. The first-order valence-corrected chi connectivity index (χ1v) is 2.52. The second-order valence-electron chi connectivity index (χ2n) is 1.66. The molecule has 10 heavy (non-hydrogen) atoms. The van der Waals surface area contributed by atoms with Crippen molar-refractivity contribution >= 4 is 29.6 Å². The van der Waals surface area contributed by atoms with Gasteiger partial charge in [-0.3, -0.25) is 0 Å². The van der Waals surface area contributed by atoms with Gasteiger partial charge in [0.15, 0.2) is 0 Å². The van der Waals surface area contributed by atoms with Crippen LogP contribution >= 0.6 is 0 Å². The van der Waals surface area contributed by atoms with Crippen LogP contribution in [0, 0.1) is 11.3 Å². The van der Waals surface area contributed by atoms with Crippen molar-refractivity contribution in [3.8, 4) is 11.8 Å². The molecule has 0 spiro atoms. The normalized spacial score (nSPS) is 7.50. The van der Waals surface area contributed by atoms with Crippen LogP contribution in [-0.4, -0.2) is 34.7 Å². The molecule has 0 unspecified atom stereocenters. The number of phenolic OH excluding ortho intramolecular Hbond substituents is 1. The summed E-state index contributed by atoms with van der Waals surface area (Å²) in [5.41, 5.74) is 0.481. The first kappa shape index (κ1) is 9.51. The van der Waals surface area contributed by atoms with Crippen molar-refractivity contribution in [2.45, 2.75) is 0 Å². The number of hydrogen-bond donors (Lipinski definition) is 1. The van der Waals surface area contributed by atoms with Gasteiger partial charge in [-0.1, -0.05) is 6.07 Å². The molecule has 0 radical (unpaired) electrons. The molecule has 1 aromatic rings. The Morgan fingerprint density at radius 1 is 1.40 bits per heavy atom. The second-order valence-corrected chi connectivity index (χ2v) is 1.66. The average Bonchev–Trinajstić information content (AvgIpc) is 1.88. The monoisotopic (exact) mass is 143 g/mol. The van der Waals surface area contributed by atoms with Gasteiger partial charge in [-0.15, -0.1) is 0 Å². The molecule has 46 valence electrons. The molecule has 0 amide bonds. The fourth-order valence-corrected chi connectivity index (χ4v) is 0.575. The molecular formula is C7H6NNaO. The van der Waals surface area contributed by atoms with E-state index in [1.807, 2.05) is 6.07 Å². The van der Waals surface area contributed by atoms with E-state index in [0.29, 0.717) is 5.56 Å². The van der Waals surface area contributed by atoms with Gasteiger partial charge in [-0.2, -0.15) is 5.26 Å². The molecule has 0 atom stereocenters. The van der Waals surface area contributed by atoms with E-state index < -0.39 is 0 Å². The maximum atomic E-state index is 8.79. The van der Waals surface area contributed by atoms with Crippen molar-refractivity contribution in [3.63, 3.8) is 0 Å². The predicted octanol–water partition coefficient (Wildman–Crippen LogP) is 0.615. The molecule has 0 aromatic heterocycles. The molecule has 0 heterocycles. The molecular weight excluding hydrogens is 137 g/mol. The fourth-order valence-electron chi connectivity index (χ4n) is 0.575. The zero-order chi connectivity index (χ0) is 6.69. The average molecular weight is 143 g/mol. The van der Waals surface area contributed by atoms with Crippen LogP contribution in [-0.2, 0) is 0 Å². The van der Waals surface area contributed by atoms with Crippen LogP contribution < -0.4 is 0 Å². The number of nitrogens with zero attached hydrogens (tertiary/aromatic N) is 1. The number of rotatable bonds is 0. The number of nitriles is 1. The SMILES string of the molecule is N#Cc1cccc(O)c1.[NaH]. The van der Waals surface area contributed by atoms with Crippen molar-refractivity contribution in [2.24, 2.45) is 0 Å². The molecule has 0 bridgehead atoms. The Hall–Kier alpha value is -0.490.